The van der Waals surface area contributed by atoms with E-state index in [1.807, 2.05) is 0 Å². The van der Waals surface area contributed by atoms with E-state index in [9.17, 15) is 5.11 Å². The third kappa shape index (κ3) is 1.09. The maximum atomic E-state index is 10.0. The fourth-order valence-electron chi connectivity index (χ4n) is 2.91. The molecule has 2 heteroatoms. The average Bonchev–Trinajstić information content (AvgIpc) is 2.45. The lowest BCUT2D eigenvalue weighted by Gasteiger charge is -2.31. The number of hydrogen-bond acceptors (Lipinski definition) is 2. The van der Waals surface area contributed by atoms with Crippen molar-refractivity contribution in [3.05, 3.63) is 0 Å². The van der Waals surface area contributed by atoms with Gasteiger partial charge in [-0.2, -0.15) is 0 Å². The van der Waals surface area contributed by atoms with Gasteiger partial charge < -0.3 is 10.2 Å². The van der Waals surface area contributed by atoms with Gasteiger partial charge in [-0.3, -0.25) is 0 Å². The molecule has 2 bridgehead atoms. The first-order chi connectivity index (χ1) is 5.24. The Morgan fingerprint density at radius 3 is 2.64 bits per heavy atom. The van der Waals surface area contributed by atoms with Gasteiger partial charge in [-0.15, -0.1) is 0 Å². The lowest BCUT2D eigenvalue weighted by Crippen LogP contribution is -2.35. The highest BCUT2D eigenvalue weighted by Gasteiger charge is 2.49. The summed E-state index contributed by atoms with van der Waals surface area (Å²) in [6.45, 7) is 0.139. The molecule has 3 unspecified atom stereocenters. The first-order valence-electron chi connectivity index (χ1n) is 4.58. The molecule has 0 heterocycles. The predicted octanol–water partition coefficient (Wildman–Crippen LogP) is 0.920. The molecule has 2 nitrogen and oxygen atoms in total. The summed E-state index contributed by atoms with van der Waals surface area (Å²) >= 11 is 0. The quantitative estimate of drug-likeness (QED) is 0.624. The van der Waals surface area contributed by atoms with Crippen LogP contribution in [0.25, 0.3) is 0 Å². The van der Waals surface area contributed by atoms with Crippen molar-refractivity contribution >= 4 is 0 Å². The molecule has 2 rings (SSSR count). The van der Waals surface area contributed by atoms with E-state index in [4.69, 9.17) is 5.11 Å². The SMILES string of the molecule is OCCC1(O)CC2CCC1C2. The second-order valence-electron chi connectivity index (χ2n) is 4.16. The van der Waals surface area contributed by atoms with E-state index in [2.05, 4.69) is 0 Å². The molecule has 2 aliphatic carbocycles. The maximum absolute atomic E-state index is 10.0. The molecule has 2 saturated carbocycles. The Balaban J connectivity index is 2.04. The first-order valence-corrected chi connectivity index (χ1v) is 4.58. The van der Waals surface area contributed by atoms with Crippen LogP contribution in [0.1, 0.15) is 32.1 Å². The Morgan fingerprint density at radius 2 is 2.18 bits per heavy atom. The molecule has 0 aliphatic heterocycles. The molecule has 2 fully saturated rings. The van der Waals surface area contributed by atoms with Crippen LogP contribution >= 0.6 is 0 Å². The van der Waals surface area contributed by atoms with Crippen LogP contribution in [0.5, 0.6) is 0 Å². The third-order valence-electron chi connectivity index (χ3n) is 3.49. The second kappa shape index (κ2) is 2.46. The molecule has 0 aromatic carbocycles. The normalized spacial score (nSPS) is 48.5. The monoisotopic (exact) mass is 156 g/mol. The number of hydrogen-bond donors (Lipinski definition) is 2. The van der Waals surface area contributed by atoms with Gasteiger partial charge in [0.1, 0.15) is 0 Å². The molecule has 0 aromatic heterocycles. The summed E-state index contributed by atoms with van der Waals surface area (Å²) in [5.74, 6) is 1.26. The highest BCUT2D eigenvalue weighted by molar-refractivity contribution is 5.00. The fourth-order valence-corrected chi connectivity index (χ4v) is 2.91. The Bertz CT molecular complexity index is 158. The van der Waals surface area contributed by atoms with E-state index >= 15 is 0 Å². The molecule has 3 atom stereocenters. The van der Waals surface area contributed by atoms with E-state index in [0.29, 0.717) is 12.3 Å². The number of rotatable bonds is 2. The highest BCUT2D eigenvalue weighted by Crippen LogP contribution is 2.51. The molecular formula is C9H16O2. The largest absolute Gasteiger partial charge is 0.396 e. The zero-order valence-corrected chi connectivity index (χ0v) is 6.79. The first kappa shape index (κ1) is 7.56. The standard InChI is InChI=1S/C9H16O2/c10-4-3-9(11)6-7-1-2-8(9)5-7/h7-8,10-11H,1-6H2. The fraction of sp³-hybridized carbons (Fsp3) is 1.00. The minimum absolute atomic E-state index is 0.139. The van der Waals surface area contributed by atoms with Crippen molar-refractivity contribution in [3.8, 4) is 0 Å². The Morgan fingerprint density at radius 1 is 1.36 bits per heavy atom. The van der Waals surface area contributed by atoms with Crippen LogP contribution in [0.3, 0.4) is 0 Å². The summed E-state index contributed by atoms with van der Waals surface area (Å²) in [5, 5.41) is 18.8. The lowest BCUT2D eigenvalue weighted by atomic mass is 9.82. The molecule has 2 N–H and O–H groups in total. The van der Waals surface area contributed by atoms with E-state index in [0.717, 1.165) is 12.3 Å². The van der Waals surface area contributed by atoms with Crippen LogP contribution in [-0.4, -0.2) is 22.4 Å². The minimum Gasteiger partial charge on any atom is -0.396 e. The van der Waals surface area contributed by atoms with Crippen LogP contribution in [0.15, 0.2) is 0 Å². The van der Waals surface area contributed by atoms with Gasteiger partial charge in [-0.05, 0) is 43.9 Å². The van der Waals surface area contributed by atoms with Crippen molar-refractivity contribution in [2.75, 3.05) is 6.61 Å². The molecule has 0 saturated heterocycles. The van der Waals surface area contributed by atoms with E-state index < -0.39 is 5.60 Å². The van der Waals surface area contributed by atoms with Gasteiger partial charge in [-0.1, -0.05) is 0 Å². The predicted molar refractivity (Wildman–Crippen MR) is 42.1 cm³/mol. The van der Waals surface area contributed by atoms with E-state index in [1.54, 1.807) is 0 Å². The van der Waals surface area contributed by atoms with Gasteiger partial charge in [0.15, 0.2) is 0 Å². The Hall–Kier alpha value is -0.0800. The van der Waals surface area contributed by atoms with Crippen molar-refractivity contribution in [1.29, 1.82) is 0 Å². The number of fused-ring (bicyclic) bond motifs is 2. The van der Waals surface area contributed by atoms with Gasteiger partial charge in [-0.25, -0.2) is 0 Å². The van der Waals surface area contributed by atoms with Crippen LogP contribution in [0.2, 0.25) is 0 Å². The Kier molecular flexibility index (Phi) is 1.69. The smallest absolute Gasteiger partial charge is 0.0700 e. The van der Waals surface area contributed by atoms with Crippen LogP contribution in [-0.2, 0) is 0 Å². The van der Waals surface area contributed by atoms with Crippen molar-refractivity contribution in [2.24, 2.45) is 11.8 Å². The Labute approximate surface area is 67.2 Å². The maximum Gasteiger partial charge on any atom is 0.0700 e. The average molecular weight is 156 g/mol. The molecule has 0 aromatic rings. The van der Waals surface area contributed by atoms with Crippen molar-refractivity contribution in [2.45, 2.75) is 37.7 Å². The van der Waals surface area contributed by atoms with Crippen LogP contribution in [0.4, 0.5) is 0 Å². The zero-order valence-electron chi connectivity index (χ0n) is 6.79. The van der Waals surface area contributed by atoms with E-state index in [1.165, 1.54) is 19.3 Å². The van der Waals surface area contributed by atoms with Gasteiger partial charge in [0.25, 0.3) is 0 Å². The summed E-state index contributed by atoms with van der Waals surface area (Å²) in [6, 6.07) is 0. The topological polar surface area (TPSA) is 40.5 Å². The minimum atomic E-state index is -0.488. The van der Waals surface area contributed by atoms with Gasteiger partial charge in [0.2, 0.25) is 0 Å². The summed E-state index contributed by atoms with van der Waals surface area (Å²) in [4.78, 5) is 0. The molecule has 11 heavy (non-hydrogen) atoms. The third-order valence-corrected chi connectivity index (χ3v) is 3.49. The van der Waals surface area contributed by atoms with Gasteiger partial charge in [0, 0.05) is 6.61 Å². The summed E-state index contributed by atoms with van der Waals surface area (Å²) in [6.07, 6.45) is 5.22. The summed E-state index contributed by atoms with van der Waals surface area (Å²) in [7, 11) is 0. The summed E-state index contributed by atoms with van der Waals surface area (Å²) in [5.41, 5.74) is -0.488. The van der Waals surface area contributed by atoms with Crippen LogP contribution < -0.4 is 0 Å². The molecule has 0 spiro atoms. The second-order valence-corrected chi connectivity index (χ2v) is 4.16. The van der Waals surface area contributed by atoms with Gasteiger partial charge in [0.05, 0.1) is 5.60 Å². The molecular weight excluding hydrogens is 140 g/mol. The number of aliphatic hydroxyl groups excluding tert-OH is 1. The van der Waals surface area contributed by atoms with Crippen molar-refractivity contribution in [3.63, 3.8) is 0 Å². The molecule has 2 aliphatic rings. The van der Waals surface area contributed by atoms with Gasteiger partial charge >= 0.3 is 0 Å². The van der Waals surface area contributed by atoms with E-state index in [-0.39, 0.29) is 6.61 Å². The summed E-state index contributed by atoms with van der Waals surface area (Å²) < 4.78 is 0. The van der Waals surface area contributed by atoms with Crippen molar-refractivity contribution in [1.82, 2.24) is 0 Å². The van der Waals surface area contributed by atoms with Crippen molar-refractivity contribution < 1.29 is 10.2 Å². The van der Waals surface area contributed by atoms with Crippen LogP contribution in [0, 0.1) is 11.8 Å². The highest BCUT2D eigenvalue weighted by atomic mass is 16.3. The molecule has 0 amide bonds. The number of aliphatic hydroxyl groups is 2. The molecule has 0 radical (unpaired) electrons. The molecule has 64 valence electrons. The zero-order chi connectivity index (χ0) is 7.90. The lowest BCUT2D eigenvalue weighted by molar-refractivity contribution is -0.0317.